The highest BCUT2D eigenvalue weighted by Gasteiger charge is 2.23. The molecule has 1 aromatic carbocycles. The molecule has 138 valence electrons. The summed E-state index contributed by atoms with van der Waals surface area (Å²) in [5.74, 6) is 0.501. The first-order valence-electron chi connectivity index (χ1n) is 8.65. The van der Waals surface area contributed by atoms with Gasteiger partial charge in [-0.15, -0.1) is 0 Å². The minimum absolute atomic E-state index is 0.0825. The lowest BCUT2D eigenvalue weighted by Gasteiger charge is -2.20. The zero-order valence-electron chi connectivity index (χ0n) is 15.1. The molecule has 0 aliphatic carbocycles. The van der Waals surface area contributed by atoms with Crippen molar-refractivity contribution >= 4 is 29.2 Å². The fourth-order valence-corrected chi connectivity index (χ4v) is 2.96. The molecule has 7 heteroatoms. The highest BCUT2D eigenvalue weighted by atomic mass is 35.5. The van der Waals surface area contributed by atoms with E-state index < -0.39 is 0 Å². The number of guanidine groups is 1. The van der Waals surface area contributed by atoms with E-state index in [0.29, 0.717) is 25.0 Å². The number of halogens is 1. The number of benzene rings is 1. The van der Waals surface area contributed by atoms with Gasteiger partial charge in [-0.3, -0.25) is 9.79 Å². The number of nitrogens with one attached hydrogen (secondary N) is 2. The van der Waals surface area contributed by atoms with Crippen molar-refractivity contribution in [2.75, 3.05) is 31.6 Å². The predicted molar refractivity (Wildman–Crippen MR) is 102 cm³/mol. The van der Waals surface area contributed by atoms with Gasteiger partial charge in [0.05, 0.1) is 12.5 Å². The lowest BCUT2D eigenvalue weighted by Crippen LogP contribution is -2.45. The monoisotopic (exact) mass is 366 g/mol. The highest BCUT2D eigenvalue weighted by Crippen LogP contribution is 2.23. The van der Waals surface area contributed by atoms with Gasteiger partial charge in [0.1, 0.15) is 0 Å². The van der Waals surface area contributed by atoms with Crippen molar-refractivity contribution in [3.63, 3.8) is 0 Å². The van der Waals surface area contributed by atoms with Crippen LogP contribution in [-0.4, -0.2) is 50.8 Å². The van der Waals surface area contributed by atoms with Crippen LogP contribution < -0.4 is 15.5 Å². The Morgan fingerprint density at radius 2 is 2.28 bits per heavy atom. The molecule has 1 atom stereocenters. The summed E-state index contributed by atoms with van der Waals surface area (Å²) >= 11 is 6.07. The topological polar surface area (TPSA) is 66.0 Å². The fraction of sp³-hybridized carbons (Fsp3) is 0.556. The van der Waals surface area contributed by atoms with E-state index in [1.165, 1.54) is 0 Å². The quantitative estimate of drug-likeness (QED) is 0.460. The molecule has 6 nitrogen and oxygen atoms in total. The van der Waals surface area contributed by atoms with Crippen LogP contribution in [-0.2, 0) is 9.53 Å². The van der Waals surface area contributed by atoms with Crippen LogP contribution >= 0.6 is 11.6 Å². The first-order valence-corrected chi connectivity index (χ1v) is 9.03. The van der Waals surface area contributed by atoms with Crippen LogP contribution in [0.2, 0.25) is 5.02 Å². The number of carbonyl (C=O) groups excluding carboxylic acids is 1. The molecule has 1 fully saturated rings. The third-order valence-electron chi connectivity index (χ3n) is 3.91. The van der Waals surface area contributed by atoms with Crippen LogP contribution in [0, 0.1) is 0 Å². The Morgan fingerprint density at radius 1 is 1.48 bits per heavy atom. The molecule has 1 aromatic rings. The van der Waals surface area contributed by atoms with Crippen LogP contribution in [0.15, 0.2) is 29.3 Å². The summed E-state index contributed by atoms with van der Waals surface area (Å²) in [5.41, 5.74) is 1.14. The molecule has 0 aromatic heterocycles. The summed E-state index contributed by atoms with van der Waals surface area (Å²) in [4.78, 5) is 18.1. The maximum absolute atomic E-state index is 11.6. The Morgan fingerprint density at radius 3 is 2.96 bits per heavy atom. The SMILES string of the molecule is CN=C(NCCC(=O)OC(C)C)NC1CCN(c2cccc(Cl)c2)C1. The molecule has 1 aliphatic heterocycles. The number of carbonyl (C=O) groups is 1. The molecular weight excluding hydrogens is 340 g/mol. The van der Waals surface area contributed by atoms with Crippen molar-refractivity contribution in [3.05, 3.63) is 29.3 Å². The predicted octanol–water partition coefficient (Wildman–Crippen LogP) is 2.43. The van der Waals surface area contributed by atoms with Gasteiger partial charge in [-0.2, -0.15) is 0 Å². The smallest absolute Gasteiger partial charge is 0.307 e. The van der Waals surface area contributed by atoms with Gasteiger partial charge >= 0.3 is 5.97 Å². The van der Waals surface area contributed by atoms with E-state index in [1.807, 2.05) is 32.0 Å². The molecule has 1 unspecified atom stereocenters. The van der Waals surface area contributed by atoms with Crippen molar-refractivity contribution in [1.29, 1.82) is 0 Å². The van der Waals surface area contributed by atoms with Crippen molar-refractivity contribution in [2.24, 2.45) is 4.99 Å². The average Bonchev–Trinajstić information content (AvgIpc) is 3.02. The number of nitrogens with zero attached hydrogens (tertiary/aromatic N) is 2. The van der Waals surface area contributed by atoms with E-state index in [4.69, 9.17) is 16.3 Å². The van der Waals surface area contributed by atoms with Crippen molar-refractivity contribution in [1.82, 2.24) is 10.6 Å². The molecule has 0 saturated carbocycles. The van der Waals surface area contributed by atoms with Gasteiger partial charge in [0.15, 0.2) is 5.96 Å². The Bertz CT molecular complexity index is 606. The molecule has 1 saturated heterocycles. The second-order valence-corrected chi connectivity index (χ2v) is 6.78. The molecule has 0 spiro atoms. The number of anilines is 1. The summed E-state index contributed by atoms with van der Waals surface area (Å²) in [5, 5.41) is 7.32. The van der Waals surface area contributed by atoms with Crippen molar-refractivity contribution < 1.29 is 9.53 Å². The fourth-order valence-electron chi connectivity index (χ4n) is 2.78. The highest BCUT2D eigenvalue weighted by molar-refractivity contribution is 6.30. The minimum atomic E-state index is -0.203. The molecule has 0 radical (unpaired) electrons. The summed E-state index contributed by atoms with van der Waals surface area (Å²) < 4.78 is 5.12. The summed E-state index contributed by atoms with van der Waals surface area (Å²) in [7, 11) is 1.73. The zero-order chi connectivity index (χ0) is 18.2. The minimum Gasteiger partial charge on any atom is -0.463 e. The van der Waals surface area contributed by atoms with Gasteiger partial charge < -0.3 is 20.3 Å². The third-order valence-corrected chi connectivity index (χ3v) is 4.15. The van der Waals surface area contributed by atoms with Crippen LogP contribution in [0.3, 0.4) is 0 Å². The maximum Gasteiger partial charge on any atom is 0.307 e. The summed E-state index contributed by atoms with van der Waals surface area (Å²) in [6.07, 6.45) is 1.25. The zero-order valence-corrected chi connectivity index (χ0v) is 15.8. The van der Waals surface area contributed by atoms with Crippen molar-refractivity contribution in [2.45, 2.75) is 38.8 Å². The third kappa shape index (κ3) is 6.46. The summed E-state index contributed by atoms with van der Waals surface area (Å²) in [6, 6.07) is 8.20. The van der Waals surface area contributed by atoms with Gasteiger partial charge in [-0.1, -0.05) is 17.7 Å². The first-order chi connectivity index (χ1) is 12.0. The number of rotatable bonds is 6. The largest absolute Gasteiger partial charge is 0.463 e. The van der Waals surface area contributed by atoms with Gasteiger partial charge in [0, 0.05) is 43.4 Å². The van der Waals surface area contributed by atoms with Gasteiger partial charge in [0.25, 0.3) is 0 Å². The normalized spacial score (nSPS) is 17.7. The second kappa shape index (κ2) is 9.51. The van der Waals surface area contributed by atoms with Crippen LogP contribution in [0.1, 0.15) is 26.7 Å². The Hall–Kier alpha value is -1.95. The van der Waals surface area contributed by atoms with Gasteiger partial charge in [-0.05, 0) is 38.5 Å². The average molecular weight is 367 g/mol. The molecular formula is C18H27ClN4O2. The van der Waals surface area contributed by atoms with Gasteiger partial charge in [0.2, 0.25) is 0 Å². The Kier molecular flexibility index (Phi) is 7.37. The molecule has 1 heterocycles. The lowest BCUT2D eigenvalue weighted by atomic mass is 10.2. The molecule has 0 amide bonds. The second-order valence-electron chi connectivity index (χ2n) is 6.34. The lowest BCUT2D eigenvalue weighted by molar-refractivity contribution is -0.147. The Balaban J connectivity index is 1.76. The van der Waals surface area contributed by atoms with Crippen LogP contribution in [0.4, 0.5) is 5.69 Å². The molecule has 2 rings (SSSR count). The molecule has 25 heavy (non-hydrogen) atoms. The van der Waals surface area contributed by atoms with E-state index in [9.17, 15) is 4.79 Å². The van der Waals surface area contributed by atoms with E-state index in [1.54, 1.807) is 7.05 Å². The standard InChI is InChI=1S/C18H27ClN4O2/c1-13(2)25-17(24)7-9-21-18(20-3)22-15-8-10-23(12-15)16-6-4-5-14(19)11-16/h4-6,11,13,15H,7-10,12H2,1-3H3,(H2,20,21,22). The number of hydrogen-bond donors (Lipinski definition) is 2. The molecule has 1 aliphatic rings. The number of esters is 1. The van der Waals surface area contributed by atoms with E-state index in [0.717, 1.165) is 30.2 Å². The van der Waals surface area contributed by atoms with Gasteiger partial charge in [-0.25, -0.2) is 0 Å². The summed E-state index contributed by atoms with van der Waals surface area (Å²) in [6.45, 7) is 6.04. The molecule has 0 bridgehead atoms. The van der Waals surface area contributed by atoms with E-state index in [2.05, 4.69) is 26.6 Å². The molecule has 2 N–H and O–H groups in total. The first kappa shape index (κ1) is 19.4. The Labute approximate surface area is 154 Å². The van der Waals surface area contributed by atoms with Crippen LogP contribution in [0.5, 0.6) is 0 Å². The number of ether oxygens (including phenoxy) is 1. The number of hydrogen-bond acceptors (Lipinski definition) is 4. The van der Waals surface area contributed by atoms with E-state index in [-0.39, 0.29) is 12.1 Å². The van der Waals surface area contributed by atoms with Crippen molar-refractivity contribution in [3.8, 4) is 0 Å². The van der Waals surface area contributed by atoms with E-state index >= 15 is 0 Å². The number of aliphatic imine (C=N–C) groups is 1. The maximum atomic E-state index is 11.6. The van der Waals surface area contributed by atoms with Crippen LogP contribution in [0.25, 0.3) is 0 Å².